The van der Waals surface area contributed by atoms with Crippen LogP contribution >= 0.6 is 0 Å². The van der Waals surface area contributed by atoms with Gasteiger partial charge in [0.15, 0.2) is 0 Å². The first-order valence-electron chi connectivity index (χ1n) is 13.5. The molecular weight excluding hydrogens is 426 g/mol. The van der Waals surface area contributed by atoms with E-state index < -0.39 is 11.9 Å². The molecule has 0 unspecified atom stereocenters. The van der Waals surface area contributed by atoms with E-state index in [-0.39, 0.29) is 11.1 Å². The highest BCUT2D eigenvalue weighted by Crippen LogP contribution is 2.14. The number of hydrogen-bond donors (Lipinski definition) is 1. The molecule has 1 aromatic rings. The molecular formula is C29H51NO4. The number of carbonyl (C=O) groups excluding carboxylic acids is 1. The minimum Gasteiger partial charge on any atom is -0.545 e. The van der Waals surface area contributed by atoms with Gasteiger partial charge >= 0.3 is 5.97 Å². The van der Waals surface area contributed by atoms with Gasteiger partial charge in [-0.3, -0.25) is 0 Å². The van der Waals surface area contributed by atoms with E-state index in [1.807, 2.05) is 0 Å². The van der Waals surface area contributed by atoms with Crippen molar-refractivity contribution in [2.45, 2.75) is 110 Å². The highest BCUT2D eigenvalue weighted by molar-refractivity contribution is 5.90. The zero-order chi connectivity index (χ0) is 25.7. The Labute approximate surface area is 209 Å². The average Bonchev–Trinajstić information content (AvgIpc) is 2.78. The number of carboxylic acid groups (broad SMARTS) is 2. The molecule has 0 spiro atoms. The van der Waals surface area contributed by atoms with E-state index in [4.69, 9.17) is 5.11 Å². The van der Waals surface area contributed by atoms with Crippen molar-refractivity contribution in [3.63, 3.8) is 0 Å². The highest BCUT2D eigenvalue weighted by atomic mass is 16.4. The molecule has 0 aromatic heterocycles. The Bertz CT molecular complexity index is 602. The van der Waals surface area contributed by atoms with Crippen LogP contribution in [0.25, 0.3) is 0 Å². The largest absolute Gasteiger partial charge is 0.545 e. The SMILES string of the molecule is CCCCCCCCCCCCCCCCCC[N+](C)(C)C.O=C([O-])c1ccc(C(=O)O)cc1. The molecule has 5 heteroatoms. The first-order valence-corrected chi connectivity index (χ1v) is 13.5. The van der Waals surface area contributed by atoms with Gasteiger partial charge < -0.3 is 19.5 Å². The summed E-state index contributed by atoms with van der Waals surface area (Å²) >= 11 is 0. The number of nitrogens with zero attached hydrogens (tertiary/aromatic N) is 1. The van der Waals surface area contributed by atoms with E-state index >= 15 is 0 Å². The smallest absolute Gasteiger partial charge is 0.335 e. The Hall–Kier alpha value is -1.88. The highest BCUT2D eigenvalue weighted by Gasteiger charge is 2.05. The van der Waals surface area contributed by atoms with E-state index in [9.17, 15) is 14.7 Å². The molecule has 34 heavy (non-hydrogen) atoms. The first kappa shape index (κ1) is 32.1. The van der Waals surface area contributed by atoms with E-state index in [0.29, 0.717) is 0 Å². The number of benzene rings is 1. The van der Waals surface area contributed by atoms with Crippen LogP contribution in [0.4, 0.5) is 0 Å². The summed E-state index contributed by atoms with van der Waals surface area (Å²) in [6.45, 7) is 3.63. The summed E-state index contributed by atoms with van der Waals surface area (Å²) in [6.07, 6.45) is 23.4. The number of carboxylic acids is 2. The summed E-state index contributed by atoms with van der Waals surface area (Å²) in [5, 5.41) is 18.7. The third-order valence-electron chi connectivity index (χ3n) is 6.05. The Morgan fingerprint density at radius 3 is 1.26 bits per heavy atom. The number of carbonyl (C=O) groups is 2. The lowest BCUT2D eigenvalue weighted by Gasteiger charge is -2.23. The van der Waals surface area contributed by atoms with Crippen LogP contribution in [-0.4, -0.2) is 49.2 Å². The number of hydrogen-bond acceptors (Lipinski definition) is 3. The molecule has 0 aliphatic carbocycles. The Kier molecular flexibility index (Phi) is 19.4. The van der Waals surface area contributed by atoms with Gasteiger partial charge in [-0.2, -0.15) is 0 Å². The van der Waals surface area contributed by atoms with Gasteiger partial charge in [0.05, 0.1) is 39.2 Å². The maximum absolute atomic E-state index is 10.3. The van der Waals surface area contributed by atoms with E-state index in [0.717, 1.165) is 4.48 Å². The third kappa shape index (κ3) is 20.7. The van der Waals surface area contributed by atoms with E-state index in [1.54, 1.807) is 0 Å². The van der Waals surface area contributed by atoms with Crippen molar-refractivity contribution in [3.05, 3.63) is 35.4 Å². The van der Waals surface area contributed by atoms with Crippen molar-refractivity contribution in [2.75, 3.05) is 27.7 Å². The standard InChI is InChI=1S/C21H46N.C8H6O4/c1-5-6-7-8-9-10-11-12-13-14-15-16-17-18-19-20-21-22(2,3)4;9-7(10)5-1-2-6(4-3-5)8(11)12/h5-21H2,1-4H3;1-4H,(H,9,10)(H,11,12)/q+1;/p-1. The number of aromatic carboxylic acids is 2. The fourth-order valence-corrected chi connectivity index (χ4v) is 3.88. The van der Waals surface area contributed by atoms with E-state index in [1.165, 1.54) is 134 Å². The van der Waals surface area contributed by atoms with Crippen LogP contribution in [0, 0.1) is 0 Å². The predicted molar refractivity (Wildman–Crippen MR) is 140 cm³/mol. The molecule has 0 aliphatic heterocycles. The van der Waals surface area contributed by atoms with Crippen LogP contribution in [-0.2, 0) is 0 Å². The van der Waals surface area contributed by atoms with Crippen LogP contribution in [0.2, 0.25) is 0 Å². The lowest BCUT2D eigenvalue weighted by molar-refractivity contribution is -0.870. The van der Waals surface area contributed by atoms with Crippen molar-refractivity contribution in [2.24, 2.45) is 0 Å². The van der Waals surface area contributed by atoms with Gasteiger partial charge in [-0.1, -0.05) is 109 Å². The average molecular weight is 478 g/mol. The summed E-state index contributed by atoms with van der Waals surface area (Å²) in [5.74, 6) is -2.40. The Balaban J connectivity index is 0.000000757. The molecule has 5 nitrogen and oxygen atoms in total. The zero-order valence-corrected chi connectivity index (χ0v) is 22.4. The first-order chi connectivity index (χ1) is 16.2. The van der Waals surface area contributed by atoms with Gasteiger partial charge in [0, 0.05) is 0 Å². The van der Waals surface area contributed by atoms with Crippen molar-refractivity contribution >= 4 is 11.9 Å². The zero-order valence-electron chi connectivity index (χ0n) is 22.4. The van der Waals surface area contributed by atoms with Gasteiger partial charge in [0.2, 0.25) is 0 Å². The molecule has 1 N–H and O–H groups in total. The molecule has 196 valence electrons. The molecule has 1 rings (SSSR count). The second-order valence-corrected chi connectivity index (χ2v) is 10.5. The minimum atomic E-state index is -1.31. The quantitative estimate of drug-likeness (QED) is 0.178. The lowest BCUT2D eigenvalue weighted by atomic mass is 10.0. The van der Waals surface area contributed by atoms with Crippen molar-refractivity contribution in [1.82, 2.24) is 0 Å². The molecule has 1 aromatic carbocycles. The van der Waals surface area contributed by atoms with Gasteiger partial charge in [-0.05, 0) is 30.5 Å². The number of quaternary nitrogens is 1. The minimum absolute atomic E-state index is 0.0278. The van der Waals surface area contributed by atoms with Crippen LogP contribution < -0.4 is 5.11 Å². The number of unbranched alkanes of at least 4 members (excludes halogenated alkanes) is 15. The van der Waals surface area contributed by atoms with Crippen LogP contribution in [0.1, 0.15) is 130 Å². The molecule has 0 fully saturated rings. The molecule has 0 atom stereocenters. The topological polar surface area (TPSA) is 77.4 Å². The Morgan fingerprint density at radius 1 is 0.647 bits per heavy atom. The molecule has 0 amide bonds. The Morgan fingerprint density at radius 2 is 0.971 bits per heavy atom. The van der Waals surface area contributed by atoms with Crippen molar-refractivity contribution in [3.8, 4) is 0 Å². The molecule has 0 heterocycles. The molecule has 0 aliphatic rings. The lowest BCUT2D eigenvalue weighted by Crippen LogP contribution is -2.35. The molecule has 0 radical (unpaired) electrons. The fourth-order valence-electron chi connectivity index (χ4n) is 3.88. The summed E-state index contributed by atoms with van der Waals surface area (Å²) in [7, 11) is 6.89. The van der Waals surface area contributed by atoms with Crippen molar-refractivity contribution < 1.29 is 24.3 Å². The summed E-state index contributed by atoms with van der Waals surface area (Å²) in [5.41, 5.74) is 0.0278. The maximum atomic E-state index is 10.3. The monoisotopic (exact) mass is 477 g/mol. The van der Waals surface area contributed by atoms with Crippen LogP contribution in [0.3, 0.4) is 0 Å². The second kappa shape index (κ2) is 20.5. The molecule has 0 saturated heterocycles. The van der Waals surface area contributed by atoms with Crippen LogP contribution in [0.15, 0.2) is 24.3 Å². The maximum Gasteiger partial charge on any atom is 0.335 e. The third-order valence-corrected chi connectivity index (χ3v) is 6.05. The molecule has 0 bridgehead atoms. The van der Waals surface area contributed by atoms with Gasteiger partial charge in [-0.15, -0.1) is 0 Å². The molecule has 0 saturated carbocycles. The van der Waals surface area contributed by atoms with Crippen LogP contribution in [0.5, 0.6) is 0 Å². The summed E-state index contributed by atoms with van der Waals surface area (Å²) < 4.78 is 1.12. The summed E-state index contributed by atoms with van der Waals surface area (Å²) in [4.78, 5) is 20.5. The van der Waals surface area contributed by atoms with Gasteiger partial charge in [0.25, 0.3) is 0 Å². The second-order valence-electron chi connectivity index (χ2n) is 10.5. The predicted octanol–water partition coefficient (Wildman–Crippen LogP) is 6.70. The normalized spacial score (nSPS) is 11.1. The van der Waals surface area contributed by atoms with E-state index in [2.05, 4.69) is 28.1 Å². The summed E-state index contributed by atoms with van der Waals surface area (Å²) in [6, 6.07) is 4.82. The fraction of sp³-hybridized carbons (Fsp3) is 0.724. The van der Waals surface area contributed by atoms with Crippen molar-refractivity contribution in [1.29, 1.82) is 0 Å². The van der Waals surface area contributed by atoms with Gasteiger partial charge in [-0.25, -0.2) is 4.79 Å². The van der Waals surface area contributed by atoms with Gasteiger partial charge in [0.1, 0.15) is 0 Å². The number of rotatable bonds is 19.